The van der Waals surface area contributed by atoms with Crippen molar-refractivity contribution in [2.75, 3.05) is 46.4 Å². The highest BCUT2D eigenvalue weighted by molar-refractivity contribution is 7.86. The van der Waals surface area contributed by atoms with E-state index in [0.717, 1.165) is 17.0 Å². The Morgan fingerprint density at radius 1 is 0.971 bits per heavy atom. The van der Waals surface area contributed by atoms with E-state index in [9.17, 15) is 13.2 Å². The Bertz CT molecular complexity index is 1250. The van der Waals surface area contributed by atoms with Gasteiger partial charge >= 0.3 is 0 Å². The van der Waals surface area contributed by atoms with Crippen molar-refractivity contribution in [3.8, 4) is 22.7 Å². The van der Waals surface area contributed by atoms with Gasteiger partial charge < -0.3 is 9.64 Å². The molecular weight excluding hydrogens is 466 g/mol. The number of nitrogens with zero attached hydrogens (tertiary/aromatic N) is 5. The highest BCUT2D eigenvalue weighted by atomic mass is 32.2. The van der Waals surface area contributed by atoms with Crippen molar-refractivity contribution in [3.63, 3.8) is 0 Å². The molecule has 186 valence electrons. The summed E-state index contributed by atoms with van der Waals surface area (Å²) in [7, 11) is -1.92. The molecule has 35 heavy (non-hydrogen) atoms. The van der Waals surface area contributed by atoms with Crippen LogP contribution in [0.3, 0.4) is 0 Å². The number of aromatic nitrogens is 2. The summed E-state index contributed by atoms with van der Waals surface area (Å²) in [4.78, 5) is 15.3. The lowest BCUT2D eigenvalue weighted by Gasteiger charge is -2.36. The molecule has 1 saturated heterocycles. The molecule has 2 aromatic carbocycles. The van der Waals surface area contributed by atoms with Gasteiger partial charge in [0.25, 0.3) is 16.1 Å². The van der Waals surface area contributed by atoms with E-state index in [0.29, 0.717) is 37.4 Å². The maximum atomic E-state index is 13.6. The molecule has 0 atom stereocenters. The molecule has 0 unspecified atom stereocenters. The number of carbonyl (C=O) groups is 1. The van der Waals surface area contributed by atoms with Crippen molar-refractivity contribution < 1.29 is 17.9 Å². The van der Waals surface area contributed by atoms with Crippen molar-refractivity contribution in [2.45, 2.75) is 13.8 Å². The molecule has 0 saturated carbocycles. The van der Waals surface area contributed by atoms with E-state index >= 15 is 0 Å². The van der Waals surface area contributed by atoms with E-state index in [-0.39, 0.29) is 19.0 Å². The molecule has 2 heterocycles. The van der Waals surface area contributed by atoms with Crippen LogP contribution in [0.2, 0.25) is 0 Å². The molecule has 9 nitrogen and oxygen atoms in total. The van der Waals surface area contributed by atoms with Gasteiger partial charge in [0.2, 0.25) is 0 Å². The molecule has 4 rings (SSSR count). The Labute approximate surface area is 206 Å². The van der Waals surface area contributed by atoms with E-state index < -0.39 is 10.2 Å². The first kappa shape index (κ1) is 24.9. The van der Waals surface area contributed by atoms with Crippen molar-refractivity contribution in [3.05, 3.63) is 66.4 Å². The minimum atomic E-state index is -3.53. The molecule has 0 bridgehead atoms. The lowest BCUT2D eigenvalue weighted by atomic mass is 10.1. The average molecular weight is 498 g/mol. The summed E-state index contributed by atoms with van der Waals surface area (Å²) < 4.78 is 35.6. The number of rotatable bonds is 8. The van der Waals surface area contributed by atoms with Crippen LogP contribution in [0.25, 0.3) is 16.9 Å². The van der Waals surface area contributed by atoms with E-state index in [1.807, 2.05) is 68.4 Å². The van der Waals surface area contributed by atoms with Gasteiger partial charge in [0.15, 0.2) is 0 Å². The molecule has 1 fully saturated rings. The molecule has 0 radical (unpaired) electrons. The summed E-state index contributed by atoms with van der Waals surface area (Å²) in [6.07, 6.45) is 1.75. The predicted octanol–water partition coefficient (Wildman–Crippen LogP) is 2.89. The topological polar surface area (TPSA) is 88.0 Å². The van der Waals surface area contributed by atoms with Gasteiger partial charge in [-0.1, -0.05) is 32.0 Å². The van der Waals surface area contributed by atoms with Gasteiger partial charge in [-0.2, -0.15) is 22.1 Å². The van der Waals surface area contributed by atoms with Crippen LogP contribution in [0.1, 0.15) is 24.2 Å². The molecule has 1 amide bonds. The minimum Gasteiger partial charge on any atom is -0.497 e. The summed E-state index contributed by atoms with van der Waals surface area (Å²) in [6, 6.07) is 17.0. The Balaban J connectivity index is 1.61. The second kappa shape index (κ2) is 10.6. The molecule has 1 aliphatic rings. The standard InChI is InChI=1S/C25H31N5O4S/c1-4-28(5-2)35(32,33)29-17-15-27(16-18-29)25(31)23-19-30(21-9-7-6-8-10-21)26-24(23)20-11-13-22(34-3)14-12-20/h6-14,19H,4-5,15-18H2,1-3H3. The van der Waals surface area contributed by atoms with E-state index in [1.165, 1.54) is 8.61 Å². The smallest absolute Gasteiger partial charge is 0.282 e. The number of methoxy groups -OCH3 is 1. The molecule has 10 heteroatoms. The maximum absolute atomic E-state index is 13.6. The van der Waals surface area contributed by atoms with Crippen LogP contribution in [0.5, 0.6) is 5.75 Å². The fourth-order valence-electron chi connectivity index (χ4n) is 4.21. The highest BCUT2D eigenvalue weighted by Crippen LogP contribution is 2.27. The van der Waals surface area contributed by atoms with E-state index in [2.05, 4.69) is 0 Å². The summed E-state index contributed by atoms with van der Waals surface area (Å²) >= 11 is 0. The van der Waals surface area contributed by atoms with Crippen LogP contribution in [-0.2, 0) is 10.2 Å². The zero-order valence-corrected chi connectivity index (χ0v) is 21.1. The molecule has 3 aromatic rings. The predicted molar refractivity (Wildman–Crippen MR) is 135 cm³/mol. The molecular formula is C25H31N5O4S. The summed E-state index contributed by atoms with van der Waals surface area (Å²) in [6.45, 7) is 5.64. The monoisotopic (exact) mass is 497 g/mol. The van der Waals surface area contributed by atoms with Gasteiger partial charge in [-0.25, -0.2) is 4.68 Å². The number of amides is 1. The largest absolute Gasteiger partial charge is 0.497 e. The first-order valence-electron chi connectivity index (χ1n) is 11.7. The van der Waals surface area contributed by atoms with Crippen LogP contribution in [0, 0.1) is 0 Å². The third-order valence-electron chi connectivity index (χ3n) is 6.21. The lowest BCUT2D eigenvalue weighted by Crippen LogP contribution is -2.54. The Hall–Kier alpha value is -3.21. The number of ether oxygens (including phenoxy) is 1. The van der Waals surface area contributed by atoms with Gasteiger partial charge in [-0.3, -0.25) is 4.79 Å². The summed E-state index contributed by atoms with van der Waals surface area (Å²) in [5.41, 5.74) is 2.68. The summed E-state index contributed by atoms with van der Waals surface area (Å²) in [5, 5.41) is 4.74. The minimum absolute atomic E-state index is 0.169. The van der Waals surface area contributed by atoms with Crippen molar-refractivity contribution in [1.82, 2.24) is 23.3 Å². The number of piperazine rings is 1. The average Bonchev–Trinajstić information content (AvgIpc) is 3.35. The van der Waals surface area contributed by atoms with Gasteiger partial charge in [0.1, 0.15) is 11.4 Å². The van der Waals surface area contributed by atoms with Crippen LogP contribution in [0.15, 0.2) is 60.8 Å². The third-order valence-corrected chi connectivity index (χ3v) is 8.40. The zero-order valence-electron chi connectivity index (χ0n) is 20.3. The van der Waals surface area contributed by atoms with Crippen molar-refractivity contribution >= 4 is 16.1 Å². The van der Waals surface area contributed by atoms with Crippen LogP contribution in [-0.4, -0.2) is 84.0 Å². The molecule has 1 aromatic heterocycles. The Morgan fingerprint density at radius 3 is 2.17 bits per heavy atom. The maximum Gasteiger partial charge on any atom is 0.282 e. The van der Waals surface area contributed by atoms with Crippen LogP contribution in [0.4, 0.5) is 0 Å². The molecule has 0 N–H and O–H groups in total. The number of benzene rings is 2. The first-order chi connectivity index (χ1) is 16.9. The number of para-hydroxylation sites is 1. The second-order valence-corrected chi connectivity index (χ2v) is 10.1. The summed E-state index contributed by atoms with van der Waals surface area (Å²) in [5.74, 6) is 0.549. The van der Waals surface area contributed by atoms with Crippen molar-refractivity contribution in [2.24, 2.45) is 0 Å². The first-order valence-corrected chi connectivity index (χ1v) is 13.1. The van der Waals surface area contributed by atoms with Gasteiger partial charge in [0.05, 0.1) is 18.4 Å². The SMILES string of the molecule is CCN(CC)S(=O)(=O)N1CCN(C(=O)c2cn(-c3ccccc3)nc2-c2ccc(OC)cc2)CC1. The quantitative estimate of drug-likeness (QED) is 0.478. The Kier molecular flexibility index (Phi) is 7.54. The van der Waals surface area contributed by atoms with Crippen LogP contribution >= 0.6 is 0 Å². The van der Waals surface area contributed by atoms with E-state index in [1.54, 1.807) is 22.9 Å². The number of hydrogen-bond donors (Lipinski definition) is 0. The van der Waals surface area contributed by atoms with Gasteiger partial charge in [0, 0.05) is 51.0 Å². The normalized spacial score (nSPS) is 14.9. The van der Waals surface area contributed by atoms with E-state index in [4.69, 9.17) is 9.84 Å². The van der Waals surface area contributed by atoms with Gasteiger partial charge in [-0.15, -0.1) is 0 Å². The van der Waals surface area contributed by atoms with Gasteiger partial charge in [-0.05, 0) is 36.4 Å². The Morgan fingerprint density at radius 2 is 1.60 bits per heavy atom. The lowest BCUT2D eigenvalue weighted by molar-refractivity contribution is 0.0695. The second-order valence-electron chi connectivity index (χ2n) is 8.18. The third kappa shape index (κ3) is 5.09. The number of carbonyl (C=O) groups excluding carboxylic acids is 1. The fourth-order valence-corrected chi connectivity index (χ4v) is 5.81. The van der Waals surface area contributed by atoms with Crippen molar-refractivity contribution in [1.29, 1.82) is 0 Å². The molecule has 0 aliphatic carbocycles. The molecule has 1 aliphatic heterocycles. The fraction of sp³-hybridized carbons (Fsp3) is 0.360. The molecule has 0 spiro atoms. The van der Waals surface area contributed by atoms with Crippen LogP contribution < -0.4 is 4.74 Å². The number of hydrogen-bond acceptors (Lipinski definition) is 5. The highest BCUT2D eigenvalue weighted by Gasteiger charge is 2.33. The zero-order chi connectivity index (χ0) is 25.0.